The summed E-state index contributed by atoms with van der Waals surface area (Å²) in [4.78, 5) is 57.2. The molecule has 6 aromatic carbocycles. The molecule has 0 aromatic heterocycles. The summed E-state index contributed by atoms with van der Waals surface area (Å²) in [7, 11) is 0. The third-order valence-corrected chi connectivity index (χ3v) is 8.66. The molecule has 5 N–H and O–H groups in total. The summed E-state index contributed by atoms with van der Waals surface area (Å²) >= 11 is 0. The molecule has 1 atom stereocenters. The van der Waals surface area contributed by atoms with Gasteiger partial charge in [-0.2, -0.15) is 5.48 Å². The Balaban J connectivity index is 1.03. The van der Waals surface area contributed by atoms with Crippen LogP contribution >= 0.6 is 0 Å². The first-order valence-electron chi connectivity index (χ1n) is 16.9. The Kier molecular flexibility index (Phi) is 11.6. The van der Waals surface area contributed by atoms with Crippen LogP contribution in [0.15, 0.2) is 133 Å². The zero-order valence-electron chi connectivity index (χ0n) is 29.4. The molecular weight excluding hydrogens is 740 g/mol. The van der Waals surface area contributed by atoms with Crippen molar-refractivity contribution < 1.29 is 49.1 Å². The lowest BCUT2D eigenvalue weighted by Gasteiger charge is -2.18. The summed E-state index contributed by atoms with van der Waals surface area (Å²) in [5.41, 5.74) is 3.20. The Morgan fingerprint density at radius 2 is 1.02 bits per heavy atom. The minimum atomic E-state index is -1.40. The van der Waals surface area contributed by atoms with E-state index in [-0.39, 0.29) is 27.9 Å². The monoisotopic (exact) mass is 770 g/mol. The zero-order valence-corrected chi connectivity index (χ0v) is 29.4. The number of carbonyl (C=O) groups is 3. The van der Waals surface area contributed by atoms with Gasteiger partial charge in [0.05, 0.1) is 32.6 Å². The van der Waals surface area contributed by atoms with Gasteiger partial charge in [0.15, 0.2) is 0 Å². The van der Waals surface area contributed by atoms with Crippen molar-refractivity contribution in [3.8, 4) is 23.0 Å². The Labute approximate surface area is 322 Å². The molecule has 6 rings (SSSR count). The second kappa shape index (κ2) is 17.0. The van der Waals surface area contributed by atoms with Gasteiger partial charge in [0, 0.05) is 30.0 Å². The molecule has 1 amide bonds. The molecular formula is C41H30N4O12. The first kappa shape index (κ1) is 38.8. The number of rotatable bonds is 15. The van der Waals surface area contributed by atoms with E-state index in [2.05, 4.69) is 10.8 Å². The first-order chi connectivity index (χ1) is 27.4. The van der Waals surface area contributed by atoms with E-state index in [0.29, 0.717) is 40.7 Å². The topological polar surface area (TPSA) is 241 Å². The van der Waals surface area contributed by atoms with Gasteiger partial charge >= 0.3 is 11.9 Å². The summed E-state index contributed by atoms with van der Waals surface area (Å²) in [6.45, 7) is 0. The number of anilines is 1. The normalized spacial score (nSPS) is 11.2. The minimum absolute atomic E-state index is 0.0182. The van der Waals surface area contributed by atoms with E-state index < -0.39 is 39.4 Å². The van der Waals surface area contributed by atoms with Crippen molar-refractivity contribution in [3.05, 3.63) is 193 Å². The summed E-state index contributed by atoms with van der Waals surface area (Å²) in [5.74, 6) is -1.47. The molecule has 0 saturated carbocycles. The molecule has 0 heterocycles. The van der Waals surface area contributed by atoms with E-state index in [1.807, 2.05) is 36.4 Å². The van der Waals surface area contributed by atoms with E-state index in [0.717, 1.165) is 47.5 Å². The number of carbonyl (C=O) groups excluding carboxylic acids is 1. The number of nitro groups is 2. The number of carboxylic acid groups (broad SMARTS) is 2. The van der Waals surface area contributed by atoms with Crippen LogP contribution in [0, 0.1) is 20.2 Å². The number of aromatic carboxylic acids is 2. The molecule has 286 valence electrons. The van der Waals surface area contributed by atoms with E-state index >= 15 is 0 Å². The number of nitrogens with one attached hydrogen (secondary N) is 2. The van der Waals surface area contributed by atoms with Crippen molar-refractivity contribution in [1.29, 1.82) is 0 Å². The van der Waals surface area contributed by atoms with Gasteiger partial charge in [0.2, 0.25) is 0 Å². The fourth-order valence-corrected chi connectivity index (χ4v) is 5.83. The predicted molar refractivity (Wildman–Crippen MR) is 204 cm³/mol. The highest BCUT2D eigenvalue weighted by atomic mass is 16.6. The Hall–Kier alpha value is -7.95. The molecule has 16 nitrogen and oxygen atoms in total. The highest BCUT2D eigenvalue weighted by Gasteiger charge is 2.24. The van der Waals surface area contributed by atoms with Crippen LogP contribution in [0.4, 0.5) is 17.1 Å². The lowest BCUT2D eigenvalue weighted by molar-refractivity contribution is -0.385. The van der Waals surface area contributed by atoms with E-state index in [1.165, 1.54) is 0 Å². The fraction of sp³-hybridized carbons (Fsp3) is 0.0488. The van der Waals surface area contributed by atoms with Crippen LogP contribution in [-0.2, 0) is 6.42 Å². The van der Waals surface area contributed by atoms with Crippen molar-refractivity contribution in [2.75, 3.05) is 5.32 Å². The number of non-ortho nitro benzene ring substituents is 2. The number of amides is 1. The molecule has 0 aliphatic rings. The molecule has 0 radical (unpaired) electrons. The summed E-state index contributed by atoms with van der Waals surface area (Å²) in [5, 5.41) is 53.9. The average Bonchev–Trinajstić information content (AvgIpc) is 3.20. The maximum Gasteiger partial charge on any atom is 0.336 e. The number of benzene rings is 6. The molecule has 0 fully saturated rings. The van der Waals surface area contributed by atoms with Crippen LogP contribution < -0.4 is 20.3 Å². The van der Waals surface area contributed by atoms with Crippen LogP contribution in [0.2, 0.25) is 0 Å². The van der Waals surface area contributed by atoms with Crippen molar-refractivity contribution in [3.63, 3.8) is 0 Å². The maximum absolute atomic E-state index is 12.8. The van der Waals surface area contributed by atoms with Crippen LogP contribution in [0.1, 0.15) is 59.4 Å². The van der Waals surface area contributed by atoms with Gasteiger partial charge in [-0.05, 0) is 101 Å². The second-order valence-electron chi connectivity index (χ2n) is 12.4. The molecule has 16 heteroatoms. The lowest BCUT2D eigenvalue weighted by Crippen LogP contribution is -2.21. The molecule has 57 heavy (non-hydrogen) atoms. The number of nitrogens with zero attached hydrogens (tertiary/aromatic N) is 2. The molecule has 0 aliphatic heterocycles. The number of nitro benzene ring substituents is 2. The van der Waals surface area contributed by atoms with Gasteiger partial charge in [-0.1, -0.05) is 36.4 Å². The van der Waals surface area contributed by atoms with Crippen molar-refractivity contribution in [2.24, 2.45) is 0 Å². The van der Waals surface area contributed by atoms with E-state index in [1.54, 1.807) is 60.7 Å². The quantitative estimate of drug-likeness (QED) is 0.0487. The predicted octanol–water partition coefficient (Wildman–Crippen LogP) is 8.40. The number of ether oxygens (including phenoxy) is 2. The molecule has 0 bridgehead atoms. The fourth-order valence-electron chi connectivity index (χ4n) is 5.83. The highest BCUT2D eigenvalue weighted by Crippen LogP contribution is 2.31. The van der Waals surface area contributed by atoms with Gasteiger partial charge in [-0.25, -0.2) is 9.59 Å². The summed E-state index contributed by atoms with van der Waals surface area (Å²) < 4.78 is 11.9. The van der Waals surface area contributed by atoms with E-state index in [9.17, 15) is 50.0 Å². The lowest BCUT2D eigenvalue weighted by atomic mass is 9.94. The average molecular weight is 771 g/mol. The van der Waals surface area contributed by atoms with Gasteiger partial charge < -0.3 is 30.2 Å². The number of hydrogen-bond acceptors (Lipinski definition) is 11. The third kappa shape index (κ3) is 9.41. The molecule has 6 aromatic rings. The van der Waals surface area contributed by atoms with Crippen molar-refractivity contribution in [2.45, 2.75) is 12.5 Å². The van der Waals surface area contributed by atoms with Gasteiger partial charge in [0.25, 0.3) is 17.3 Å². The standard InChI is InChI=1S/C41H30N4O12/c46-39(37-23-29(45(54)55)10-20-35(37)41(49)50)42-27-7-17-33(18-8-27)57-31-13-3-25(4-14-31)21-24-1-11-30(12-2-24)56-32-15-5-26(6-16-32)38(43-51)36-22-28(44(52)53)9-19-34(36)40(47)48/h1-20,22-23,38,43,51H,21H2,(H,42,46)(H,47,48)(H,49,50). The Bertz CT molecular complexity index is 2470. The molecule has 0 aliphatic carbocycles. The molecule has 0 saturated heterocycles. The van der Waals surface area contributed by atoms with Gasteiger partial charge in [0.1, 0.15) is 23.0 Å². The van der Waals surface area contributed by atoms with Crippen LogP contribution in [0.3, 0.4) is 0 Å². The Morgan fingerprint density at radius 3 is 1.47 bits per heavy atom. The highest BCUT2D eigenvalue weighted by molar-refractivity contribution is 6.11. The van der Waals surface area contributed by atoms with Crippen molar-refractivity contribution in [1.82, 2.24) is 5.48 Å². The number of hydrogen-bond donors (Lipinski definition) is 5. The number of hydroxylamine groups is 1. The minimum Gasteiger partial charge on any atom is -0.478 e. The SMILES string of the molecule is O=C(O)c1ccc([N+](=O)[O-])cc1C(=O)Nc1ccc(Oc2ccc(Cc3ccc(Oc4ccc(C(NO)c5cc([N+](=O)[O-])ccc5C(=O)O)cc4)cc3)cc2)cc1. The third-order valence-electron chi connectivity index (χ3n) is 8.66. The smallest absolute Gasteiger partial charge is 0.336 e. The van der Waals surface area contributed by atoms with Crippen LogP contribution in [0.5, 0.6) is 23.0 Å². The zero-order chi connectivity index (χ0) is 40.6. The summed E-state index contributed by atoms with van der Waals surface area (Å²) in [6.07, 6.45) is 0.614. The van der Waals surface area contributed by atoms with Crippen LogP contribution in [0.25, 0.3) is 0 Å². The first-order valence-corrected chi connectivity index (χ1v) is 16.9. The summed E-state index contributed by atoms with van der Waals surface area (Å²) in [6, 6.07) is 32.9. The molecule has 0 spiro atoms. The van der Waals surface area contributed by atoms with Gasteiger partial charge in [-0.3, -0.25) is 25.0 Å². The molecule has 1 unspecified atom stereocenters. The van der Waals surface area contributed by atoms with Gasteiger partial charge in [-0.15, -0.1) is 0 Å². The number of carboxylic acids is 2. The van der Waals surface area contributed by atoms with E-state index in [4.69, 9.17) is 9.47 Å². The maximum atomic E-state index is 12.8. The second-order valence-corrected chi connectivity index (χ2v) is 12.4. The largest absolute Gasteiger partial charge is 0.478 e. The van der Waals surface area contributed by atoms with Crippen LogP contribution in [-0.4, -0.2) is 43.1 Å². The van der Waals surface area contributed by atoms with Crippen molar-refractivity contribution >= 4 is 34.9 Å². The Morgan fingerprint density at radius 1 is 0.579 bits per heavy atom.